The van der Waals surface area contributed by atoms with Crippen LogP contribution in [0.4, 0.5) is 17.1 Å². The number of para-hydroxylation sites is 1. The lowest BCUT2D eigenvalue weighted by atomic mass is 9.71. The van der Waals surface area contributed by atoms with Crippen LogP contribution < -0.4 is 9.64 Å². The van der Waals surface area contributed by atoms with Gasteiger partial charge in [-0.25, -0.2) is 0 Å². The van der Waals surface area contributed by atoms with Crippen LogP contribution in [-0.2, 0) is 5.41 Å². The second-order valence-electron chi connectivity index (χ2n) is 9.23. The van der Waals surface area contributed by atoms with Gasteiger partial charge in [0.25, 0.3) is 0 Å². The largest absolute Gasteiger partial charge is 0.497 e. The van der Waals surface area contributed by atoms with Crippen LogP contribution in [0.3, 0.4) is 0 Å². The average molecular weight is 448 g/mol. The van der Waals surface area contributed by atoms with Crippen molar-refractivity contribution in [2.24, 2.45) is 0 Å². The Morgan fingerprint density at radius 2 is 1.21 bits per heavy atom. The minimum atomic E-state index is 0.0771. The van der Waals surface area contributed by atoms with Crippen molar-refractivity contribution >= 4 is 17.1 Å². The molecule has 34 heavy (non-hydrogen) atoms. The Kier molecular flexibility index (Phi) is 6.15. The van der Waals surface area contributed by atoms with Crippen LogP contribution in [0.1, 0.15) is 50.7 Å². The molecule has 2 nitrogen and oxygen atoms in total. The zero-order valence-electron chi connectivity index (χ0n) is 20.4. The van der Waals surface area contributed by atoms with E-state index in [1.165, 1.54) is 53.6 Å². The second kappa shape index (κ2) is 9.38. The van der Waals surface area contributed by atoms with E-state index in [0.29, 0.717) is 0 Å². The lowest BCUT2D eigenvalue weighted by molar-refractivity contribution is 0.415. The Morgan fingerprint density at radius 1 is 0.618 bits per heavy atom. The van der Waals surface area contributed by atoms with Crippen molar-refractivity contribution in [3.05, 3.63) is 108 Å². The Balaban J connectivity index is 1.70. The van der Waals surface area contributed by atoms with Gasteiger partial charge in [-0.15, -0.1) is 0 Å². The monoisotopic (exact) mass is 447 g/mol. The number of nitrogens with zero attached hydrogens (tertiary/aromatic N) is 1. The predicted molar refractivity (Wildman–Crippen MR) is 144 cm³/mol. The lowest BCUT2D eigenvalue weighted by Crippen LogP contribution is -2.25. The molecule has 0 spiro atoms. The van der Waals surface area contributed by atoms with Crippen molar-refractivity contribution < 1.29 is 4.74 Å². The van der Waals surface area contributed by atoms with Crippen LogP contribution in [0.15, 0.2) is 97.1 Å². The smallest absolute Gasteiger partial charge is 0.119 e. The van der Waals surface area contributed by atoms with E-state index < -0.39 is 0 Å². The summed E-state index contributed by atoms with van der Waals surface area (Å²) in [7, 11) is 1.71. The molecule has 0 aromatic heterocycles. The van der Waals surface area contributed by atoms with E-state index in [0.717, 1.165) is 17.1 Å². The van der Waals surface area contributed by atoms with Crippen LogP contribution in [0.25, 0.3) is 11.1 Å². The fourth-order valence-electron chi connectivity index (χ4n) is 5.86. The molecule has 5 rings (SSSR count). The van der Waals surface area contributed by atoms with Crippen LogP contribution >= 0.6 is 0 Å². The standard InChI is InChI=1S/C32H33NO/c1-4-21-32(22-5-2)30-14-10-9-13-28(30)29-20-17-26(23-31(29)32)33(24-11-7-6-8-12-24)25-15-18-27(34-3)19-16-25/h6-20,23H,4-5,21-22H2,1-3H3. The van der Waals surface area contributed by atoms with Crippen LogP contribution in [-0.4, -0.2) is 7.11 Å². The molecule has 4 aromatic rings. The van der Waals surface area contributed by atoms with Crippen molar-refractivity contribution in [1.82, 2.24) is 0 Å². The number of hydrogen-bond acceptors (Lipinski definition) is 2. The first-order chi connectivity index (χ1) is 16.7. The Morgan fingerprint density at radius 3 is 1.88 bits per heavy atom. The summed E-state index contributed by atoms with van der Waals surface area (Å²) >= 11 is 0. The average Bonchev–Trinajstić information content (AvgIpc) is 3.15. The maximum absolute atomic E-state index is 5.42. The molecule has 172 valence electrons. The first-order valence-corrected chi connectivity index (χ1v) is 12.5. The first-order valence-electron chi connectivity index (χ1n) is 12.5. The minimum Gasteiger partial charge on any atom is -0.497 e. The predicted octanol–water partition coefficient (Wildman–Crippen LogP) is 9.03. The summed E-state index contributed by atoms with van der Waals surface area (Å²) in [5.41, 5.74) is 9.32. The SMILES string of the molecule is CCCC1(CCC)c2ccccc2-c2ccc(N(c3ccccc3)c3ccc(OC)cc3)cc21. The quantitative estimate of drug-likeness (QED) is 0.267. The summed E-state index contributed by atoms with van der Waals surface area (Å²) in [6, 6.07) is 35.1. The fraction of sp³-hybridized carbons (Fsp3) is 0.250. The van der Waals surface area contributed by atoms with Gasteiger partial charge in [0, 0.05) is 22.5 Å². The highest BCUT2D eigenvalue weighted by molar-refractivity contribution is 5.85. The van der Waals surface area contributed by atoms with Gasteiger partial charge in [-0.1, -0.05) is 75.2 Å². The van der Waals surface area contributed by atoms with E-state index in [4.69, 9.17) is 4.74 Å². The Hall–Kier alpha value is -3.52. The van der Waals surface area contributed by atoms with Gasteiger partial charge in [-0.2, -0.15) is 0 Å². The zero-order chi connectivity index (χ0) is 23.5. The van der Waals surface area contributed by atoms with Crippen LogP contribution in [0, 0.1) is 0 Å². The molecule has 0 atom stereocenters. The summed E-state index contributed by atoms with van der Waals surface area (Å²) in [4.78, 5) is 2.35. The van der Waals surface area contributed by atoms with E-state index in [1.807, 2.05) is 12.1 Å². The van der Waals surface area contributed by atoms with Crippen molar-refractivity contribution in [2.75, 3.05) is 12.0 Å². The molecule has 0 amide bonds. The number of methoxy groups -OCH3 is 1. The maximum atomic E-state index is 5.42. The molecule has 0 fully saturated rings. The molecule has 0 unspecified atom stereocenters. The molecule has 4 aromatic carbocycles. The number of ether oxygens (including phenoxy) is 1. The van der Waals surface area contributed by atoms with E-state index in [1.54, 1.807) is 7.11 Å². The topological polar surface area (TPSA) is 12.5 Å². The van der Waals surface area contributed by atoms with Gasteiger partial charge in [0.1, 0.15) is 5.75 Å². The highest BCUT2D eigenvalue weighted by Crippen LogP contribution is 2.55. The van der Waals surface area contributed by atoms with E-state index >= 15 is 0 Å². The van der Waals surface area contributed by atoms with Crippen LogP contribution in [0.2, 0.25) is 0 Å². The zero-order valence-corrected chi connectivity index (χ0v) is 20.4. The normalized spacial score (nSPS) is 13.3. The van der Waals surface area contributed by atoms with Crippen LogP contribution in [0.5, 0.6) is 5.75 Å². The molecule has 2 heteroatoms. The fourth-order valence-corrected chi connectivity index (χ4v) is 5.86. The van der Waals surface area contributed by atoms with E-state index in [-0.39, 0.29) is 5.41 Å². The molecular formula is C32H33NO. The molecular weight excluding hydrogens is 414 g/mol. The highest BCUT2D eigenvalue weighted by atomic mass is 16.5. The third-order valence-corrected chi connectivity index (χ3v) is 7.21. The van der Waals surface area contributed by atoms with Gasteiger partial charge in [0.15, 0.2) is 0 Å². The van der Waals surface area contributed by atoms with Crippen molar-refractivity contribution in [3.63, 3.8) is 0 Å². The first kappa shape index (κ1) is 22.3. The summed E-state index contributed by atoms with van der Waals surface area (Å²) in [5, 5.41) is 0. The van der Waals surface area contributed by atoms with Gasteiger partial charge < -0.3 is 9.64 Å². The van der Waals surface area contributed by atoms with Gasteiger partial charge >= 0.3 is 0 Å². The molecule has 1 aliphatic rings. The minimum absolute atomic E-state index is 0.0771. The molecule has 0 saturated carbocycles. The Bertz CT molecular complexity index is 1250. The van der Waals surface area contributed by atoms with Gasteiger partial charge in [-0.3, -0.25) is 0 Å². The summed E-state index contributed by atoms with van der Waals surface area (Å²) in [6.07, 6.45) is 4.67. The molecule has 0 aliphatic heterocycles. The summed E-state index contributed by atoms with van der Waals surface area (Å²) < 4.78 is 5.42. The van der Waals surface area contributed by atoms with E-state index in [2.05, 4.69) is 104 Å². The number of hydrogen-bond donors (Lipinski definition) is 0. The molecule has 0 heterocycles. The lowest BCUT2D eigenvalue weighted by Gasteiger charge is -2.33. The third-order valence-electron chi connectivity index (χ3n) is 7.21. The highest BCUT2D eigenvalue weighted by Gasteiger charge is 2.41. The summed E-state index contributed by atoms with van der Waals surface area (Å²) in [5.74, 6) is 0.867. The molecule has 0 saturated heterocycles. The molecule has 1 aliphatic carbocycles. The molecule has 0 bridgehead atoms. The van der Waals surface area contributed by atoms with Gasteiger partial charge in [-0.05, 0) is 83.6 Å². The second-order valence-corrected chi connectivity index (χ2v) is 9.23. The molecule has 0 N–H and O–H groups in total. The number of benzene rings is 4. The van der Waals surface area contributed by atoms with Gasteiger partial charge in [0.05, 0.1) is 7.11 Å². The van der Waals surface area contributed by atoms with Crippen molar-refractivity contribution in [3.8, 4) is 16.9 Å². The summed E-state index contributed by atoms with van der Waals surface area (Å²) in [6.45, 7) is 4.63. The Labute approximate surface area is 203 Å². The van der Waals surface area contributed by atoms with Crippen molar-refractivity contribution in [2.45, 2.75) is 44.9 Å². The third kappa shape index (κ3) is 3.68. The van der Waals surface area contributed by atoms with E-state index in [9.17, 15) is 0 Å². The van der Waals surface area contributed by atoms with Gasteiger partial charge in [0.2, 0.25) is 0 Å². The van der Waals surface area contributed by atoms with Crippen molar-refractivity contribution in [1.29, 1.82) is 0 Å². The maximum Gasteiger partial charge on any atom is 0.119 e. The number of fused-ring (bicyclic) bond motifs is 3. The number of rotatable bonds is 8. The number of anilines is 3. The molecule has 0 radical (unpaired) electrons.